The van der Waals surface area contributed by atoms with Crippen LogP contribution in [-0.2, 0) is 0 Å². The zero-order valence-electron chi connectivity index (χ0n) is 14.8. The van der Waals surface area contributed by atoms with Gasteiger partial charge in [-0.3, -0.25) is 15.6 Å². The molecule has 8 heteroatoms. The third-order valence-electron chi connectivity index (χ3n) is 3.65. The highest BCUT2D eigenvalue weighted by Crippen LogP contribution is 2.30. The maximum Gasteiger partial charge on any atom is 0.269 e. The van der Waals surface area contributed by atoms with E-state index in [1.165, 1.54) is 6.33 Å². The Hall–Kier alpha value is -3.81. The van der Waals surface area contributed by atoms with Gasteiger partial charge in [-0.15, -0.1) is 0 Å². The molecule has 1 amide bonds. The molecule has 0 unspecified atom stereocenters. The molecule has 0 fully saturated rings. The van der Waals surface area contributed by atoms with E-state index >= 15 is 0 Å². The van der Waals surface area contributed by atoms with Crippen molar-refractivity contribution in [2.75, 3.05) is 23.1 Å². The summed E-state index contributed by atoms with van der Waals surface area (Å²) < 4.78 is 5.59. The van der Waals surface area contributed by atoms with Crippen LogP contribution in [-0.4, -0.2) is 22.5 Å². The summed E-state index contributed by atoms with van der Waals surface area (Å²) in [7, 11) is 0. The monoisotopic (exact) mass is 364 g/mol. The van der Waals surface area contributed by atoms with Gasteiger partial charge in [0.05, 0.1) is 12.3 Å². The molecule has 27 heavy (non-hydrogen) atoms. The van der Waals surface area contributed by atoms with Gasteiger partial charge in [0, 0.05) is 5.56 Å². The third-order valence-corrected chi connectivity index (χ3v) is 3.65. The van der Waals surface area contributed by atoms with Crippen LogP contribution < -0.4 is 26.6 Å². The molecule has 0 aliphatic rings. The highest BCUT2D eigenvalue weighted by atomic mass is 16.5. The molecule has 1 heterocycles. The molecule has 5 N–H and O–H groups in total. The first kappa shape index (κ1) is 18.0. The van der Waals surface area contributed by atoms with E-state index in [2.05, 4.69) is 26.1 Å². The molecular weight excluding hydrogens is 344 g/mol. The number of para-hydroxylation sites is 2. The van der Waals surface area contributed by atoms with Crippen molar-refractivity contribution in [3.8, 4) is 5.75 Å². The minimum Gasteiger partial charge on any atom is -0.492 e. The average Bonchev–Trinajstić information content (AvgIpc) is 2.70. The second kappa shape index (κ2) is 8.52. The van der Waals surface area contributed by atoms with Gasteiger partial charge in [-0.2, -0.15) is 0 Å². The van der Waals surface area contributed by atoms with Gasteiger partial charge in [-0.05, 0) is 31.2 Å². The highest BCUT2D eigenvalue weighted by Gasteiger charge is 2.12. The minimum absolute atomic E-state index is 0.261. The molecule has 3 aromatic rings. The Balaban J connectivity index is 1.74. The number of nitrogens with zero attached hydrogens (tertiary/aromatic N) is 2. The number of ether oxygens (including phenoxy) is 1. The molecule has 0 bridgehead atoms. The van der Waals surface area contributed by atoms with E-state index in [0.717, 1.165) is 5.69 Å². The van der Waals surface area contributed by atoms with Crippen LogP contribution in [0.15, 0.2) is 60.9 Å². The van der Waals surface area contributed by atoms with Crippen LogP contribution in [0.5, 0.6) is 5.75 Å². The lowest BCUT2D eigenvalue weighted by Crippen LogP contribution is -2.30. The number of carbonyl (C=O) groups excluding carboxylic acids is 1. The van der Waals surface area contributed by atoms with Crippen LogP contribution in [0.4, 0.5) is 23.0 Å². The number of carbonyl (C=O) groups is 1. The van der Waals surface area contributed by atoms with Gasteiger partial charge >= 0.3 is 0 Å². The summed E-state index contributed by atoms with van der Waals surface area (Å²) in [5, 5.41) is 3.13. The Kier molecular flexibility index (Phi) is 5.68. The number of rotatable bonds is 7. The predicted molar refractivity (Wildman–Crippen MR) is 105 cm³/mol. The maximum absolute atomic E-state index is 12.1. The fraction of sp³-hybridized carbons (Fsp3) is 0.105. The van der Waals surface area contributed by atoms with E-state index in [-0.39, 0.29) is 17.4 Å². The summed E-state index contributed by atoms with van der Waals surface area (Å²) in [6.07, 6.45) is 1.35. The summed E-state index contributed by atoms with van der Waals surface area (Å²) in [6.45, 7) is 2.45. The maximum atomic E-state index is 12.1. The summed E-state index contributed by atoms with van der Waals surface area (Å²) in [4.78, 5) is 20.4. The van der Waals surface area contributed by atoms with E-state index in [9.17, 15) is 4.79 Å². The largest absolute Gasteiger partial charge is 0.492 e. The quantitative estimate of drug-likeness (QED) is 0.477. The van der Waals surface area contributed by atoms with Crippen molar-refractivity contribution < 1.29 is 9.53 Å². The number of aromatic nitrogens is 2. The van der Waals surface area contributed by atoms with Crippen molar-refractivity contribution in [1.82, 2.24) is 15.4 Å². The molecule has 0 spiro atoms. The van der Waals surface area contributed by atoms with E-state index in [1.54, 1.807) is 24.3 Å². The van der Waals surface area contributed by atoms with Crippen LogP contribution in [0.1, 0.15) is 17.3 Å². The minimum atomic E-state index is -0.301. The predicted octanol–water partition coefficient (Wildman–Crippen LogP) is 2.96. The normalized spacial score (nSPS) is 10.1. The highest BCUT2D eigenvalue weighted by molar-refractivity contribution is 5.95. The number of hydrogen-bond donors (Lipinski definition) is 4. The third kappa shape index (κ3) is 4.43. The first-order valence-electron chi connectivity index (χ1n) is 8.39. The number of benzene rings is 2. The number of amides is 1. The molecule has 8 nitrogen and oxygen atoms in total. The Bertz CT molecular complexity index is 917. The van der Waals surface area contributed by atoms with Gasteiger partial charge < -0.3 is 15.8 Å². The van der Waals surface area contributed by atoms with Crippen LogP contribution in [0.3, 0.4) is 0 Å². The summed E-state index contributed by atoms with van der Waals surface area (Å²) in [6, 6.07) is 16.3. The molecule has 0 saturated heterocycles. The number of hydrazine groups is 1. The Morgan fingerprint density at radius 3 is 2.52 bits per heavy atom. The Morgan fingerprint density at radius 1 is 1.04 bits per heavy atom. The van der Waals surface area contributed by atoms with Gasteiger partial charge in [0.15, 0.2) is 11.6 Å². The molecule has 138 valence electrons. The first-order valence-corrected chi connectivity index (χ1v) is 8.39. The molecule has 0 radical (unpaired) electrons. The molecule has 0 aliphatic carbocycles. The van der Waals surface area contributed by atoms with Crippen molar-refractivity contribution in [3.05, 3.63) is 66.5 Å². The van der Waals surface area contributed by atoms with Crippen LogP contribution in [0.25, 0.3) is 0 Å². The van der Waals surface area contributed by atoms with Gasteiger partial charge in [0.25, 0.3) is 5.91 Å². The lowest BCUT2D eigenvalue weighted by Gasteiger charge is -2.15. The van der Waals surface area contributed by atoms with E-state index < -0.39 is 0 Å². The van der Waals surface area contributed by atoms with E-state index in [0.29, 0.717) is 23.7 Å². The second-order valence-corrected chi connectivity index (χ2v) is 5.48. The lowest BCUT2D eigenvalue weighted by molar-refractivity contribution is 0.0962. The summed E-state index contributed by atoms with van der Waals surface area (Å²) in [5.41, 5.74) is 12.9. The van der Waals surface area contributed by atoms with Crippen LogP contribution >= 0.6 is 0 Å². The number of nitrogen functional groups attached to an aromatic ring is 1. The summed E-state index contributed by atoms with van der Waals surface area (Å²) >= 11 is 0. The number of nitrogens with two attached hydrogens (primary N) is 1. The van der Waals surface area contributed by atoms with Crippen molar-refractivity contribution in [2.24, 2.45) is 0 Å². The zero-order chi connectivity index (χ0) is 19.1. The van der Waals surface area contributed by atoms with Crippen molar-refractivity contribution in [1.29, 1.82) is 0 Å². The van der Waals surface area contributed by atoms with Crippen LogP contribution in [0, 0.1) is 0 Å². The SMILES string of the molecule is CCOc1ccccc1Nc1ncnc(NNC(=O)c2ccccc2)c1N. The molecule has 0 atom stereocenters. The topological polar surface area (TPSA) is 114 Å². The zero-order valence-corrected chi connectivity index (χ0v) is 14.8. The van der Waals surface area contributed by atoms with Gasteiger partial charge in [-0.1, -0.05) is 30.3 Å². The smallest absolute Gasteiger partial charge is 0.269 e. The van der Waals surface area contributed by atoms with Gasteiger partial charge in [0.1, 0.15) is 17.8 Å². The lowest BCUT2D eigenvalue weighted by atomic mass is 10.2. The fourth-order valence-electron chi connectivity index (χ4n) is 2.35. The fourth-order valence-corrected chi connectivity index (χ4v) is 2.35. The first-order chi connectivity index (χ1) is 13.2. The van der Waals surface area contributed by atoms with Crippen molar-refractivity contribution in [3.63, 3.8) is 0 Å². The standard InChI is InChI=1S/C19H20N6O2/c1-2-27-15-11-7-6-10-14(15)23-17-16(20)18(22-12-21-17)24-25-19(26)13-8-4-3-5-9-13/h3-12H,2,20H2,1H3,(H,25,26)(H2,21,22,23,24). The molecule has 3 rings (SSSR count). The molecule has 1 aromatic heterocycles. The van der Waals surface area contributed by atoms with Gasteiger partial charge in [0.2, 0.25) is 0 Å². The molecule has 0 saturated carbocycles. The number of hydrogen-bond acceptors (Lipinski definition) is 7. The van der Waals surface area contributed by atoms with Crippen molar-refractivity contribution >= 4 is 28.9 Å². The average molecular weight is 364 g/mol. The second-order valence-electron chi connectivity index (χ2n) is 5.48. The Morgan fingerprint density at radius 2 is 1.74 bits per heavy atom. The van der Waals surface area contributed by atoms with E-state index in [1.807, 2.05) is 37.3 Å². The van der Waals surface area contributed by atoms with Gasteiger partial charge in [-0.25, -0.2) is 9.97 Å². The summed E-state index contributed by atoms with van der Waals surface area (Å²) in [5.74, 6) is 1.06. The van der Waals surface area contributed by atoms with E-state index in [4.69, 9.17) is 10.5 Å². The molecule has 2 aromatic carbocycles. The molecule has 0 aliphatic heterocycles. The van der Waals surface area contributed by atoms with Crippen molar-refractivity contribution in [2.45, 2.75) is 6.92 Å². The molecular formula is C19H20N6O2. The number of nitrogens with one attached hydrogen (secondary N) is 3. The Labute approximate surface area is 156 Å². The number of anilines is 4. The van der Waals surface area contributed by atoms with Crippen LogP contribution in [0.2, 0.25) is 0 Å².